The summed E-state index contributed by atoms with van der Waals surface area (Å²) in [5, 5.41) is 3.91. The van der Waals surface area contributed by atoms with Gasteiger partial charge in [0.05, 0.1) is 5.75 Å². The summed E-state index contributed by atoms with van der Waals surface area (Å²) in [7, 11) is -3.48. The van der Waals surface area contributed by atoms with Crippen molar-refractivity contribution in [1.82, 2.24) is 4.31 Å². The molecule has 0 bridgehead atoms. The Kier molecular flexibility index (Phi) is 6.65. The molecule has 2 aromatic rings. The molecule has 0 saturated carbocycles. The molecule has 0 aliphatic carbocycles. The molecule has 3 rings (SSSR count). The maximum Gasteiger partial charge on any atom is 0.227 e. The highest BCUT2D eigenvalue weighted by atomic mass is 35.5. The van der Waals surface area contributed by atoms with E-state index in [-0.39, 0.29) is 17.6 Å². The van der Waals surface area contributed by atoms with Crippen LogP contribution in [0.4, 0.5) is 5.69 Å². The van der Waals surface area contributed by atoms with Crippen molar-refractivity contribution < 1.29 is 13.2 Å². The first kappa shape index (κ1) is 21.1. The summed E-state index contributed by atoms with van der Waals surface area (Å²) >= 11 is 12.1. The maximum atomic E-state index is 12.7. The van der Waals surface area contributed by atoms with E-state index in [1.807, 2.05) is 13.0 Å². The molecule has 1 amide bonds. The molecule has 0 radical (unpaired) electrons. The van der Waals surface area contributed by atoms with Crippen molar-refractivity contribution in [2.45, 2.75) is 25.5 Å². The molecule has 5 nitrogen and oxygen atoms in total. The Hall–Kier alpha value is -1.60. The van der Waals surface area contributed by atoms with Gasteiger partial charge in [-0.1, -0.05) is 47.5 Å². The highest BCUT2D eigenvalue weighted by Gasteiger charge is 2.31. The number of aryl methyl sites for hydroxylation is 1. The largest absolute Gasteiger partial charge is 0.326 e. The minimum absolute atomic E-state index is 0.103. The summed E-state index contributed by atoms with van der Waals surface area (Å²) in [6.45, 7) is 2.54. The first-order valence-corrected chi connectivity index (χ1v) is 11.4. The number of nitrogens with zero attached hydrogens (tertiary/aromatic N) is 1. The standard InChI is InChI=1S/C20H22Cl2N2O3S/c1-14-6-7-17(21)12-19(14)23-20(25)15-8-10-24(11-9-15)28(26,27)13-16-4-2-3-5-18(16)22/h2-7,12,15H,8-11,13H2,1H3,(H,23,25). The molecule has 8 heteroatoms. The number of piperidine rings is 1. The molecule has 1 heterocycles. The van der Waals surface area contributed by atoms with Crippen molar-refractivity contribution in [3.05, 3.63) is 63.6 Å². The average Bonchev–Trinajstić information content (AvgIpc) is 2.66. The van der Waals surface area contributed by atoms with Crippen LogP contribution in [0.15, 0.2) is 42.5 Å². The zero-order valence-corrected chi connectivity index (χ0v) is 17.8. The maximum absolute atomic E-state index is 12.7. The minimum atomic E-state index is -3.48. The normalized spacial score (nSPS) is 16.1. The first-order valence-electron chi connectivity index (χ1n) is 9.04. The summed E-state index contributed by atoms with van der Waals surface area (Å²) in [6, 6.07) is 12.3. The minimum Gasteiger partial charge on any atom is -0.326 e. The fourth-order valence-corrected chi connectivity index (χ4v) is 5.31. The van der Waals surface area contributed by atoms with Crippen LogP contribution in [0.5, 0.6) is 0 Å². The van der Waals surface area contributed by atoms with Gasteiger partial charge in [0.1, 0.15) is 0 Å². The summed E-state index contributed by atoms with van der Waals surface area (Å²) in [6.07, 6.45) is 0.959. The van der Waals surface area contributed by atoms with Crippen molar-refractivity contribution in [3.63, 3.8) is 0 Å². The molecule has 0 atom stereocenters. The van der Waals surface area contributed by atoms with Crippen LogP contribution in [0.25, 0.3) is 0 Å². The first-order chi connectivity index (χ1) is 13.3. The van der Waals surface area contributed by atoms with Crippen molar-refractivity contribution in [2.75, 3.05) is 18.4 Å². The zero-order valence-electron chi connectivity index (χ0n) is 15.5. The van der Waals surface area contributed by atoms with Gasteiger partial charge in [0.2, 0.25) is 15.9 Å². The molecule has 1 saturated heterocycles. The second-order valence-corrected chi connectivity index (χ2v) is 9.78. The van der Waals surface area contributed by atoms with Crippen molar-refractivity contribution >= 4 is 44.8 Å². The molecule has 1 aliphatic rings. The molecule has 2 aromatic carbocycles. The lowest BCUT2D eigenvalue weighted by atomic mass is 9.97. The number of rotatable bonds is 5. The third-order valence-corrected chi connectivity index (χ3v) is 7.40. The Morgan fingerprint density at radius 2 is 1.82 bits per heavy atom. The van der Waals surface area contributed by atoms with E-state index in [0.717, 1.165) is 5.56 Å². The summed E-state index contributed by atoms with van der Waals surface area (Å²) in [4.78, 5) is 12.6. The number of benzene rings is 2. The van der Waals surface area contributed by atoms with Crippen LogP contribution >= 0.6 is 23.2 Å². The lowest BCUT2D eigenvalue weighted by Gasteiger charge is -2.30. The van der Waals surface area contributed by atoms with Gasteiger partial charge < -0.3 is 5.32 Å². The van der Waals surface area contributed by atoms with E-state index in [0.29, 0.717) is 47.2 Å². The van der Waals surface area contributed by atoms with Crippen LogP contribution in [-0.4, -0.2) is 31.7 Å². The number of sulfonamides is 1. The highest BCUT2D eigenvalue weighted by molar-refractivity contribution is 7.88. The monoisotopic (exact) mass is 440 g/mol. The molecule has 150 valence electrons. The smallest absolute Gasteiger partial charge is 0.227 e. The van der Waals surface area contributed by atoms with Gasteiger partial charge in [-0.05, 0) is 49.1 Å². The van der Waals surface area contributed by atoms with E-state index in [2.05, 4.69) is 5.32 Å². The van der Waals surface area contributed by atoms with Crippen LogP contribution in [-0.2, 0) is 20.6 Å². The molecule has 1 aliphatic heterocycles. The predicted octanol–water partition coefficient (Wildman–Crippen LogP) is 4.48. The van der Waals surface area contributed by atoms with Gasteiger partial charge in [-0.15, -0.1) is 0 Å². The number of carbonyl (C=O) groups excluding carboxylic acids is 1. The summed E-state index contributed by atoms with van der Waals surface area (Å²) in [5.41, 5.74) is 2.20. The molecule has 0 aromatic heterocycles. The number of hydrogen-bond acceptors (Lipinski definition) is 3. The van der Waals surface area contributed by atoms with E-state index < -0.39 is 10.0 Å². The topological polar surface area (TPSA) is 66.5 Å². The third kappa shape index (κ3) is 5.06. The van der Waals surface area contributed by atoms with E-state index in [9.17, 15) is 13.2 Å². The van der Waals surface area contributed by atoms with E-state index in [4.69, 9.17) is 23.2 Å². The van der Waals surface area contributed by atoms with Crippen molar-refractivity contribution in [3.8, 4) is 0 Å². The number of halogens is 2. The molecule has 28 heavy (non-hydrogen) atoms. The van der Waals surface area contributed by atoms with Crippen LogP contribution in [0, 0.1) is 12.8 Å². The second kappa shape index (κ2) is 8.82. The van der Waals surface area contributed by atoms with Crippen LogP contribution in [0.3, 0.4) is 0 Å². The van der Waals surface area contributed by atoms with Gasteiger partial charge in [-0.2, -0.15) is 0 Å². The van der Waals surface area contributed by atoms with Crippen LogP contribution < -0.4 is 5.32 Å². The van der Waals surface area contributed by atoms with Gasteiger partial charge in [0.25, 0.3) is 0 Å². The number of anilines is 1. The summed E-state index contributed by atoms with van der Waals surface area (Å²) < 4.78 is 26.9. The second-order valence-electron chi connectivity index (χ2n) is 6.97. The van der Waals surface area contributed by atoms with E-state index >= 15 is 0 Å². The molecule has 0 unspecified atom stereocenters. The molecule has 0 spiro atoms. The summed E-state index contributed by atoms with van der Waals surface area (Å²) in [5.74, 6) is -0.468. The zero-order chi connectivity index (χ0) is 20.3. The van der Waals surface area contributed by atoms with Gasteiger partial charge in [-0.3, -0.25) is 4.79 Å². The quantitative estimate of drug-likeness (QED) is 0.744. The van der Waals surface area contributed by atoms with Gasteiger partial charge in [0.15, 0.2) is 0 Å². The Labute approximate surface area is 175 Å². The lowest BCUT2D eigenvalue weighted by Crippen LogP contribution is -2.42. The highest BCUT2D eigenvalue weighted by Crippen LogP contribution is 2.26. The van der Waals surface area contributed by atoms with E-state index in [1.54, 1.807) is 36.4 Å². The lowest BCUT2D eigenvalue weighted by molar-refractivity contribution is -0.120. The Balaban J connectivity index is 1.60. The fourth-order valence-electron chi connectivity index (χ4n) is 3.26. The number of hydrogen-bond donors (Lipinski definition) is 1. The number of amides is 1. The van der Waals surface area contributed by atoms with Crippen LogP contribution in [0.2, 0.25) is 10.0 Å². The van der Waals surface area contributed by atoms with Gasteiger partial charge in [-0.25, -0.2) is 12.7 Å². The Morgan fingerprint density at radius 3 is 2.50 bits per heavy atom. The molecule has 1 fully saturated rings. The van der Waals surface area contributed by atoms with Gasteiger partial charge in [0, 0.05) is 34.7 Å². The molecular weight excluding hydrogens is 419 g/mol. The average molecular weight is 441 g/mol. The Morgan fingerprint density at radius 1 is 1.14 bits per heavy atom. The van der Waals surface area contributed by atoms with Crippen molar-refractivity contribution in [2.24, 2.45) is 5.92 Å². The predicted molar refractivity (Wildman–Crippen MR) is 113 cm³/mol. The fraction of sp³-hybridized carbons (Fsp3) is 0.350. The SMILES string of the molecule is Cc1ccc(Cl)cc1NC(=O)C1CCN(S(=O)(=O)Cc2ccccc2Cl)CC1. The Bertz CT molecular complexity index is 971. The van der Waals surface area contributed by atoms with Crippen molar-refractivity contribution in [1.29, 1.82) is 0 Å². The third-order valence-electron chi connectivity index (χ3n) is 4.97. The number of nitrogens with one attached hydrogen (secondary N) is 1. The molecule has 1 N–H and O–H groups in total. The van der Waals surface area contributed by atoms with Gasteiger partial charge >= 0.3 is 0 Å². The molecular formula is C20H22Cl2N2O3S. The van der Waals surface area contributed by atoms with Crippen LogP contribution in [0.1, 0.15) is 24.0 Å². The number of carbonyl (C=O) groups is 1. The van der Waals surface area contributed by atoms with E-state index in [1.165, 1.54) is 4.31 Å².